The summed E-state index contributed by atoms with van der Waals surface area (Å²) in [5.41, 5.74) is 6.02. The van der Waals surface area contributed by atoms with Crippen LogP contribution < -0.4 is 10.5 Å². The molecule has 2 rings (SSSR count). The number of hydrogen-bond donors (Lipinski definition) is 1. The number of ether oxygens (including phenoxy) is 1. The van der Waals surface area contributed by atoms with Crippen LogP contribution in [0.25, 0.3) is 0 Å². The van der Waals surface area contributed by atoms with E-state index in [-0.39, 0.29) is 0 Å². The second kappa shape index (κ2) is 4.14. The van der Waals surface area contributed by atoms with Crippen molar-refractivity contribution in [3.05, 3.63) is 41.8 Å². The van der Waals surface area contributed by atoms with E-state index in [1.165, 1.54) is 12.5 Å². The van der Waals surface area contributed by atoms with E-state index in [9.17, 15) is 0 Å². The molecule has 0 atom stereocenters. The lowest BCUT2D eigenvalue weighted by Gasteiger charge is -2.05. The highest BCUT2D eigenvalue weighted by Gasteiger charge is 2.02. The highest BCUT2D eigenvalue weighted by molar-refractivity contribution is 6.30. The number of rotatable bonds is 2. The summed E-state index contributed by atoms with van der Waals surface area (Å²) in [6.07, 6.45) is 2.86. The van der Waals surface area contributed by atoms with Gasteiger partial charge in [-0.1, -0.05) is 11.6 Å². The molecule has 0 bridgehead atoms. The van der Waals surface area contributed by atoms with E-state index in [0.29, 0.717) is 22.3 Å². The van der Waals surface area contributed by atoms with Gasteiger partial charge in [0.25, 0.3) is 0 Å². The summed E-state index contributed by atoms with van der Waals surface area (Å²) in [5, 5.41) is 0.651. The second-order valence-corrected chi connectivity index (χ2v) is 3.28. The third-order valence-corrected chi connectivity index (χ3v) is 1.98. The van der Waals surface area contributed by atoms with Crippen molar-refractivity contribution < 1.29 is 4.74 Å². The van der Waals surface area contributed by atoms with Crippen LogP contribution >= 0.6 is 11.6 Å². The van der Waals surface area contributed by atoms with Gasteiger partial charge in [-0.15, -0.1) is 0 Å². The molecule has 0 amide bonds. The molecule has 0 saturated heterocycles. The Hall–Kier alpha value is -1.81. The molecule has 2 aromatic rings. The van der Waals surface area contributed by atoms with Crippen LogP contribution in [0.4, 0.5) is 5.69 Å². The maximum absolute atomic E-state index is 5.74. The highest BCUT2D eigenvalue weighted by atomic mass is 35.5. The Morgan fingerprint density at radius 3 is 2.60 bits per heavy atom. The van der Waals surface area contributed by atoms with Crippen LogP contribution in [0.5, 0.6) is 11.6 Å². The van der Waals surface area contributed by atoms with E-state index in [1.807, 2.05) is 0 Å². The summed E-state index contributed by atoms with van der Waals surface area (Å²) in [7, 11) is 0. The first-order valence-electron chi connectivity index (χ1n) is 4.24. The van der Waals surface area contributed by atoms with Crippen LogP contribution in [0.2, 0.25) is 5.02 Å². The molecular weight excluding hydrogens is 214 g/mol. The van der Waals surface area contributed by atoms with Gasteiger partial charge in [0.15, 0.2) is 0 Å². The number of hydrogen-bond acceptors (Lipinski definition) is 4. The van der Waals surface area contributed by atoms with Gasteiger partial charge in [-0.3, -0.25) is 0 Å². The summed E-state index contributed by atoms with van der Waals surface area (Å²) >= 11 is 5.74. The quantitative estimate of drug-likeness (QED) is 0.847. The monoisotopic (exact) mass is 221 g/mol. The van der Waals surface area contributed by atoms with Crippen molar-refractivity contribution in [3.63, 3.8) is 0 Å². The van der Waals surface area contributed by atoms with Crippen molar-refractivity contribution in [2.45, 2.75) is 0 Å². The Balaban J connectivity index is 2.22. The normalized spacial score (nSPS) is 9.93. The Morgan fingerprint density at radius 2 is 1.93 bits per heavy atom. The summed E-state index contributed by atoms with van der Waals surface area (Å²) in [5.74, 6) is 0.970. The van der Waals surface area contributed by atoms with Crippen LogP contribution in [0.15, 0.2) is 36.8 Å². The summed E-state index contributed by atoms with van der Waals surface area (Å²) in [6.45, 7) is 0. The fraction of sp³-hybridized carbons (Fsp3) is 0. The van der Waals surface area contributed by atoms with Crippen LogP contribution in [0.1, 0.15) is 0 Å². The molecule has 2 N–H and O–H groups in total. The Kier molecular flexibility index (Phi) is 2.69. The highest BCUT2D eigenvalue weighted by Crippen LogP contribution is 2.24. The Labute approximate surface area is 91.7 Å². The lowest BCUT2D eigenvalue weighted by Crippen LogP contribution is -1.95. The van der Waals surface area contributed by atoms with E-state index >= 15 is 0 Å². The zero-order valence-electron chi connectivity index (χ0n) is 7.72. The predicted molar refractivity (Wildman–Crippen MR) is 58.0 cm³/mol. The maximum atomic E-state index is 5.74. The van der Waals surface area contributed by atoms with Gasteiger partial charge in [0.05, 0.1) is 6.20 Å². The van der Waals surface area contributed by atoms with Crippen LogP contribution in [-0.4, -0.2) is 9.97 Å². The van der Waals surface area contributed by atoms with Gasteiger partial charge in [-0.05, 0) is 24.3 Å². The maximum Gasteiger partial charge on any atom is 0.245 e. The SMILES string of the molecule is Nc1cncnc1Oc1ccc(Cl)cc1. The minimum absolute atomic E-state index is 0.340. The van der Waals surface area contributed by atoms with E-state index in [1.54, 1.807) is 24.3 Å². The van der Waals surface area contributed by atoms with E-state index in [2.05, 4.69) is 9.97 Å². The van der Waals surface area contributed by atoms with E-state index in [0.717, 1.165) is 0 Å². The van der Waals surface area contributed by atoms with Crippen molar-refractivity contribution in [1.82, 2.24) is 9.97 Å². The van der Waals surface area contributed by atoms with E-state index in [4.69, 9.17) is 22.1 Å². The summed E-state index contributed by atoms with van der Waals surface area (Å²) in [6, 6.07) is 6.94. The van der Waals surface area contributed by atoms with Crippen molar-refractivity contribution in [2.75, 3.05) is 5.73 Å². The number of aromatic nitrogens is 2. The molecule has 5 heteroatoms. The van der Waals surface area contributed by atoms with Crippen molar-refractivity contribution in [1.29, 1.82) is 0 Å². The number of nitrogens with zero attached hydrogens (tertiary/aromatic N) is 2. The van der Waals surface area contributed by atoms with Crippen molar-refractivity contribution in [2.24, 2.45) is 0 Å². The van der Waals surface area contributed by atoms with Gasteiger partial charge >= 0.3 is 0 Å². The van der Waals surface area contributed by atoms with Gasteiger partial charge in [0.2, 0.25) is 5.88 Å². The van der Waals surface area contributed by atoms with Crippen LogP contribution in [0.3, 0.4) is 0 Å². The number of halogens is 1. The third kappa shape index (κ3) is 2.35. The largest absolute Gasteiger partial charge is 0.437 e. The first-order valence-corrected chi connectivity index (χ1v) is 4.62. The van der Waals surface area contributed by atoms with Gasteiger partial charge in [0.1, 0.15) is 17.8 Å². The molecule has 4 nitrogen and oxygen atoms in total. The first kappa shape index (κ1) is 9.73. The smallest absolute Gasteiger partial charge is 0.245 e. The Bertz CT molecular complexity index is 458. The third-order valence-electron chi connectivity index (χ3n) is 1.73. The second-order valence-electron chi connectivity index (χ2n) is 2.84. The molecule has 0 spiro atoms. The molecule has 0 fully saturated rings. The molecule has 0 radical (unpaired) electrons. The predicted octanol–water partition coefficient (Wildman–Crippen LogP) is 2.50. The number of benzene rings is 1. The lowest BCUT2D eigenvalue weighted by atomic mass is 10.3. The van der Waals surface area contributed by atoms with Gasteiger partial charge in [0, 0.05) is 5.02 Å². The topological polar surface area (TPSA) is 61.0 Å². The molecule has 1 heterocycles. The number of nitrogen functional groups attached to an aromatic ring is 1. The number of nitrogens with two attached hydrogens (primary N) is 1. The fourth-order valence-corrected chi connectivity index (χ4v) is 1.15. The van der Waals surface area contributed by atoms with Gasteiger partial charge in [-0.25, -0.2) is 4.98 Å². The molecule has 0 aliphatic carbocycles. The first-order chi connectivity index (χ1) is 7.25. The Morgan fingerprint density at radius 1 is 1.20 bits per heavy atom. The average molecular weight is 222 g/mol. The molecule has 0 unspecified atom stereocenters. The lowest BCUT2D eigenvalue weighted by molar-refractivity contribution is 0.464. The number of anilines is 1. The molecule has 0 saturated carbocycles. The molecule has 0 aliphatic rings. The molecular formula is C10H8ClN3O. The van der Waals surface area contributed by atoms with Crippen molar-refractivity contribution in [3.8, 4) is 11.6 Å². The minimum atomic E-state index is 0.340. The van der Waals surface area contributed by atoms with Crippen LogP contribution in [-0.2, 0) is 0 Å². The fourth-order valence-electron chi connectivity index (χ4n) is 1.03. The van der Waals surface area contributed by atoms with E-state index < -0.39 is 0 Å². The standard InChI is InChI=1S/C10H8ClN3O/c11-7-1-3-8(4-2-7)15-10-9(12)5-13-6-14-10/h1-6H,12H2. The van der Waals surface area contributed by atoms with Crippen LogP contribution in [0, 0.1) is 0 Å². The molecule has 1 aromatic heterocycles. The summed E-state index contributed by atoms with van der Waals surface area (Å²) < 4.78 is 5.43. The molecule has 76 valence electrons. The zero-order valence-corrected chi connectivity index (χ0v) is 8.48. The summed E-state index contributed by atoms with van der Waals surface area (Å²) in [4.78, 5) is 7.67. The van der Waals surface area contributed by atoms with Gasteiger partial charge in [-0.2, -0.15) is 4.98 Å². The molecule has 15 heavy (non-hydrogen) atoms. The minimum Gasteiger partial charge on any atom is -0.437 e. The molecule has 0 aliphatic heterocycles. The average Bonchev–Trinajstić information content (AvgIpc) is 2.25. The molecule has 1 aromatic carbocycles. The van der Waals surface area contributed by atoms with Crippen molar-refractivity contribution >= 4 is 17.3 Å². The zero-order chi connectivity index (χ0) is 10.7. The van der Waals surface area contributed by atoms with Gasteiger partial charge < -0.3 is 10.5 Å².